The summed E-state index contributed by atoms with van der Waals surface area (Å²) >= 11 is 0. The minimum atomic E-state index is -0.164. The summed E-state index contributed by atoms with van der Waals surface area (Å²) in [6.07, 6.45) is 3.38. The first-order valence-electron chi connectivity index (χ1n) is 10.3. The van der Waals surface area contributed by atoms with Crippen LogP contribution in [-0.4, -0.2) is 45.4 Å². The molecule has 0 bridgehead atoms. The van der Waals surface area contributed by atoms with Gasteiger partial charge < -0.3 is 23.5 Å². The third-order valence-electron chi connectivity index (χ3n) is 5.47. The highest BCUT2D eigenvalue weighted by Crippen LogP contribution is 2.36. The summed E-state index contributed by atoms with van der Waals surface area (Å²) in [7, 11) is 3.16. The van der Waals surface area contributed by atoms with Crippen molar-refractivity contribution in [2.24, 2.45) is 0 Å². The van der Waals surface area contributed by atoms with Crippen molar-refractivity contribution in [3.63, 3.8) is 0 Å². The van der Waals surface area contributed by atoms with E-state index in [1.807, 2.05) is 18.2 Å². The number of rotatable bonds is 8. The zero-order valence-corrected chi connectivity index (χ0v) is 17.5. The number of likely N-dealkylation sites (tertiary alicyclic amines) is 1. The van der Waals surface area contributed by atoms with Crippen molar-refractivity contribution in [1.29, 1.82) is 0 Å². The van der Waals surface area contributed by atoms with Gasteiger partial charge in [-0.1, -0.05) is 12.1 Å². The Balaban J connectivity index is 1.68. The lowest BCUT2D eigenvalue weighted by molar-refractivity contribution is 0.259. The lowest BCUT2D eigenvalue weighted by atomic mass is 10.1. The maximum Gasteiger partial charge on any atom is 0.235 e. The summed E-state index contributed by atoms with van der Waals surface area (Å²) in [6.45, 7) is 3.73. The van der Waals surface area contributed by atoms with Crippen molar-refractivity contribution < 1.29 is 18.6 Å². The Hall–Kier alpha value is -2.99. The molecule has 0 spiro atoms. The molecule has 158 valence electrons. The van der Waals surface area contributed by atoms with Crippen LogP contribution in [0, 0.1) is 0 Å². The van der Waals surface area contributed by atoms with Crippen LogP contribution >= 0.6 is 0 Å². The average molecular weight is 409 g/mol. The molecule has 2 aromatic carbocycles. The number of methoxy groups -OCH3 is 2. The van der Waals surface area contributed by atoms with E-state index >= 15 is 0 Å². The summed E-state index contributed by atoms with van der Waals surface area (Å²) in [6, 6.07) is 12.6. The molecular weight excluding hydrogens is 382 g/mol. The van der Waals surface area contributed by atoms with E-state index in [9.17, 15) is 4.79 Å². The van der Waals surface area contributed by atoms with E-state index in [4.69, 9.17) is 18.6 Å². The minimum Gasteiger partial charge on any atom is -0.493 e. The largest absolute Gasteiger partial charge is 0.493 e. The number of nitrogens with zero attached hydrogens (tertiary/aromatic N) is 1. The Labute approximate surface area is 176 Å². The molecule has 1 saturated heterocycles. The molecule has 0 saturated carbocycles. The van der Waals surface area contributed by atoms with Crippen LogP contribution in [0.15, 0.2) is 51.7 Å². The fourth-order valence-corrected chi connectivity index (χ4v) is 3.89. The summed E-state index contributed by atoms with van der Waals surface area (Å²) in [5.41, 5.74) is 1.06. The van der Waals surface area contributed by atoms with Gasteiger partial charge in [-0.15, -0.1) is 0 Å². The molecular formula is C24H27NO5. The van der Waals surface area contributed by atoms with Crippen LogP contribution in [0.25, 0.3) is 22.3 Å². The monoisotopic (exact) mass is 409 g/mol. The van der Waals surface area contributed by atoms with Crippen molar-refractivity contribution in [2.75, 3.05) is 40.5 Å². The molecule has 0 unspecified atom stereocenters. The summed E-state index contributed by atoms with van der Waals surface area (Å²) < 4.78 is 22.9. The van der Waals surface area contributed by atoms with Gasteiger partial charge in [-0.3, -0.25) is 4.79 Å². The van der Waals surface area contributed by atoms with E-state index in [0.717, 1.165) is 26.1 Å². The first-order chi connectivity index (χ1) is 14.7. The van der Waals surface area contributed by atoms with Crippen molar-refractivity contribution in [1.82, 2.24) is 4.90 Å². The van der Waals surface area contributed by atoms with E-state index in [2.05, 4.69) is 4.90 Å². The number of benzene rings is 2. The molecule has 1 aromatic heterocycles. The molecule has 0 amide bonds. The van der Waals surface area contributed by atoms with Crippen LogP contribution < -0.4 is 19.6 Å². The molecule has 6 heteroatoms. The molecule has 0 atom stereocenters. The van der Waals surface area contributed by atoms with E-state index in [-0.39, 0.29) is 11.2 Å². The van der Waals surface area contributed by atoms with Gasteiger partial charge in [0.15, 0.2) is 17.3 Å². The quantitative estimate of drug-likeness (QED) is 0.516. The Kier molecular flexibility index (Phi) is 6.23. The van der Waals surface area contributed by atoms with Gasteiger partial charge in [0.25, 0.3) is 0 Å². The van der Waals surface area contributed by atoms with E-state index in [1.165, 1.54) is 12.8 Å². The topological polar surface area (TPSA) is 61.1 Å². The van der Waals surface area contributed by atoms with Crippen LogP contribution in [0.4, 0.5) is 0 Å². The zero-order valence-electron chi connectivity index (χ0n) is 17.5. The fourth-order valence-electron chi connectivity index (χ4n) is 3.89. The second-order valence-corrected chi connectivity index (χ2v) is 7.41. The minimum absolute atomic E-state index is 0.164. The normalized spacial score (nSPS) is 14.2. The van der Waals surface area contributed by atoms with Crippen LogP contribution in [0.5, 0.6) is 17.2 Å². The molecule has 0 N–H and O–H groups in total. The van der Waals surface area contributed by atoms with Gasteiger partial charge in [0, 0.05) is 12.1 Å². The summed E-state index contributed by atoms with van der Waals surface area (Å²) in [5, 5.41) is 0.510. The predicted molar refractivity (Wildman–Crippen MR) is 117 cm³/mol. The third-order valence-corrected chi connectivity index (χ3v) is 5.47. The van der Waals surface area contributed by atoms with E-state index < -0.39 is 0 Å². The van der Waals surface area contributed by atoms with Crippen molar-refractivity contribution in [3.05, 3.63) is 52.7 Å². The van der Waals surface area contributed by atoms with Gasteiger partial charge in [0.2, 0.25) is 11.2 Å². The Morgan fingerprint density at radius 2 is 1.77 bits per heavy atom. The molecule has 6 nitrogen and oxygen atoms in total. The van der Waals surface area contributed by atoms with E-state index in [0.29, 0.717) is 40.4 Å². The summed E-state index contributed by atoms with van der Waals surface area (Å²) in [5.74, 6) is 1.81. The molecule has 3 aromatic rings. The predicted octanol–water partition coefficient (Wildman–Crippen LogP) is 4.34. The SMILES string of the molecule is COc1ccc(-c2oc3ccccc3c(=O)c2OCCCN2CCCC2)cc1OC. The molecule has 30 heavy (non-hydrogen) atoms. The van der Waals surface area contributed by atoms with Gasteiger partial charge in [-0.2, -0.15) is 0 Å². The summed E-state index contributed by atoms with van der Waals surface area (Å²) in [4.78, 5) is 15.6. The number of fused-ring (bicyclic) bond motifs is 1. The van der Waals surface area contributed by atoms with Crippen molar-refractivity contribution in [3.8, 4) is 28.6 Å². The Bertz CT molecular complexity index is 1070. The van der Waals surface area contributed by atoms with Crippen LogP contribution in [0.2, 0.25) is 0 Å². The maximum atomic E-state index is 13.2. The first kappa shape index (κ1) is 20.3. The van der Waals surface area contributed by atoms with Crippen LogP contribution in [0.3, 0.4) is 0 Å². The highest BCUT2D eigenvalue weighted by atomic mass is 16.5. The zero-order chi connectivity index (χ0) is 20.9. The fraction of sp³-hybridized carbons (Fsp3) is 0.375. The average Bonchev–Trinajstić information content (AvgIpc) is 3.31. The number of hydrogen-bond acceptors (Lipinski definition) is 6. The first-order valence-corrected chi connectivity index (χ1v) is 10.3. The third kappa shape index (κ3) is 4.14. The molecule has 0 aliphatic carbocycles. The van der Waals surface area contributed by atoms with Crippen LogP contribution in [0.1, 0.15) is 19.3 Å². The maximum absolute atomic E-state index is 13.2. The number of hydrogen-bond donors (Lipinski definition) is 0. The van der Waals surface area contributed by atoms with Gasteiger partial charge in [-0.25, -0.2) is 0 Å². The van der Waals surface area contributed by atoms with Gasteiger partial charge in [-0.05, 0) is 62.7 Å². The second-order valence-electron chi connectivity index (χ2n) is 7.41. The molecule has 4 rings (SSSR count). The number of para-hydroxylation sites is 1. The Morgan fingerprint density at radius 3 is 2.53 bits per heavy atom. The van der Waals surface area contributed by atoms with E-state index in [1.54, 1.807) is 38.5 Å². The van der Waals surface area contributed by atoms with Gasteiger partial charge >= 0.3 is 0 Å². The van der Waals surface area contributed by atoms with Crippen molar-refractivity contribution in [2.45, 2.75) is 19.3 Å². The lowest BCUT2D eigenvalue weighted by Gasteiger charge is -2.16. The highest BCUT2D eigenvalue weighted by molar-refractivity contribution is 5.82. The smallest absolute Gasteiger partial charge is 0.235 e. The molecule has 2 heterocycles. The second kappa shape index (κ2) is 9.22. The standard InChI is InChI=1S/C24H27NO5/c1-27-20-11-10-17(16-21(20)28-2)23-24(29-15-7-14-25-12-5-6-13-25)22(26)18-8-3-4-9-19(18)30-23/h3-4,8-11,16H,5-7,12-15H2,1-2H3. The molecule has 1 aliphatic heterocycles. The molecule has 0 radical (unpaired) electrons. The Morgan fingerprint density at radius 1 is 1.00 bits per heavy atom. The van der Waals surface area contributed by atoms with Crippen LogP contribution in [-0.2, 0) is 0 Å². The lowest BCUT2D eigenvalue weighted by Crippen LogP contribution is -2.22. The highest BCUT2D eigenvalue weighted by Gasteiger charge is 2.19. The molecule has 1 aliphatic rings. The van der Waals surface area contributed by atoms with Gasteiger partial charge in [0.05, 0.1) is 26.2 Å². The number of ether oxygens (including phenoxy) is 3. The molecule has 1 fully saturated rings. The van der Waals surface area contributed by atoms with Gasteiger partial charge in [0.1, 0.15) is 5.58 Å². The van der Waals surface area contributed by atoms with Crippen molar-refractivity contribution >= 4 is 11.0 Å².